The van der Waals surface area contributed by atoms with E-state index in [4.69, 9.17) is 4.74 Å². The first-order valence-corrected chi connectivity index (χ1v) is 14.9. The topological polar surface area (TPSA) is 49.8 Å². The second kappa shape index (κ2) is 13.4. The van der Waals surface area contributed by atoms with E-state index < -0.39 is 27.9 Å². The van der Waals surface area contributed by atoms with Crippen molar-refractivity contribution in [2.45, 2.75) is 6.04 Å². The molecule has 36 heavy (non-hydrogen) atoms. The zero-order valence-corrected chi connectivity index (χ0v) is 22.1. The molecule has 1 atom stereocenters. The molecule has 4 nitrogen and oxygen atoms in total. The van der Waals surface area contributed by atoms with Crippen molar-refractivity contribution in [3.63, 3.8) is 0 Å². The highest BCUT2D eigenvalue weighted by atomic mass is 31.1. The summed E-state index contributed by atoms with van der Waals surface area (Å²) < 4.78 is 5.14. The summed E-state index contributed by atoms with van der Waals surface area (Å²) in [6.07, 6.45) is 1.25. The molecule has 4 rings (SSSR count). The second-order valence-electron chi connectivity index (χ2n) is 8.29. The highest BCUT2D eigenvalue weighted by Gasteiger charge is 2.32. The van der Waals surface area contributed by atoms with Crippen LogP contribution in [0.2, 0.25) is 0 Å². The van der Waals surface area contributed by atoms with Crippen molar-refractivity contribution < 1.29 is 14.6 Å². The number of hydrogen-bond acceptors (Lipinski definition) is 4. The number of methoxy groups -OCH3 is 1. The quantitative estimate of drug-likeness (QED) is 0.242. The van der Waals surface area contributed by atoms with Gasteiger partial charge < -0.3 is 9.84 Å². The van der Waals surface area contributed by atoms with E-state index in [-0.39, 0.29) is 6.61 Å². The molecule has 0 radical (unpaired) electrons. The Labute approximate surface area is 216 Å². The maximum atomic E-state index is 12.9. The lowest BCUT2D eigenvalue weighted by Gasteiger charge is -2.35. The number of esters is 1. The van der Waals surface area contributed by atoms with Crippen LogP contribution in [0.5, 0.6) is 0 Å². The Kier molecular flexibility index (Phi) is 9.78. The maximum absolute atomic E-state index is 12.9. The Morgan fingerprint density at radius 2 is 0.972 bits per heavy atom. The molecule has 0 aromatic heterocycles. The van der Waals surface area contributed by atoms with Crippen molar-refractivity contribution in [2.24, 2.45) is 0 Å². The minimum absolute atomic E-state index is 0.299. The number of benzene rings is 4. The van der Waals surface area contributed by atoms with Crippen molar-refractivity contribution >= 4 is 43.0 Å². The number of ether oxygens (including phenoxy) is 1. The fourth-order valence-electron chi connectivity index (χ4n) is 4.14. The molecule has 0 aliphatic heterocycles. The van der Waals surface area contributed by atoms with Gasteiger partial charge in [-0.2, -0.15) is 0 Å². The van der Waals surface area contributed by atoms with Crippen LogP contribution in [-0.2, 0) is 9.53 Å². The van der Waals surface area contributed by atoms with Crippen LogP contribution in [0.3, 0.4) is 0 Å². The van der Waals surface area contributed by atoms with E-state index in [0.29, 0.717) is 12.6 Å². The van der Waals surface area contributed by atoms with E-state index in [9.17, 15) is 9.90 Å². The lowest BCUT2D eigenvalue weighted by atomic mass is 10.3. The average molecular weight is 516 g/mol. The monoisotopic (exact) mass is 515 g/mol. The minimum atomic E-state index is -0.809. The van der Waals surface area contributed by atoms with Gasteiger partial charge in [0, 0.05) is 12.6 Å². The predicted octanol–water partition coefficient (Wildman–Crippen LogP) is 4.00. The smallest absolute Gasteiger partial charge is 0.325 e. The van der Waals surface area contributed by atoms with Crippen LogP contribution in [0, 0.1) is 0 Å². The molecule has 1 unspecified atom stereocenters. The number of aliphatic hydroxyl groups excluding tert-OH is 1. The fourth-order valence-corrected chi connectivity index (χ4v) is 8.99. The average Bonchev–Trinajstić information content (AvgIpc) is 2.96. The minimum Gasteiger partial charge on any atom is -0.468 e. The molecular formula is C30H31NO3P2. The van der Waals surface area contributed by atoms with Gasteiger partial charge >= 0.3 is 5.97 Å². The number of carbonyl (C=O) groups excluding carboxylic acids is 1. The number of rotatable bonds is 11. The van der Waals surface area contributed by atoms with Crippen LogP contribution in [0.15, 0.2) is 121 Å². The third-order valence-electron chi connectivity index (χ3n) is 6.00. The molecule has 6 heteroatoms. The molecule has 0 aliphatic rings. The lowest BCUT2D eigenvalue weighted by molar-refractivity contribution is -0.147. The fraction of sp³-hybridized carbons (Fsp3) is 0.167. The van der Waals surface area contributed by atoms with Gasteiger partial charge in [0.25, 0.3) is 0 Å². The maximum Gasteiger partial charge on any atom is 0.325 e. The van der Waals surface area contributed by atoms with Crippen molar-refractivity contribution in [1.29, 1.82) is 0 Å². The van der Waals surface area contributed by atoms with E-state index in [1.54, 1.807) is 0 Å². The summed E-state index contributed by atoms with van der Waals surface area (Å²) in [4.78, 5) is 15.0. The first-order chi connectivity index (χ1) is 17.7. The zero-order valence-electron chi connectivity index (χ0n) is 20.4. The molecule has 1 N–H and O–H groups in total. The third kappa shape index (κ3) is 6.66. The number of nitrogens with zero attached hydrogens (tertiary/aromatic N) is 1. The predicted molar refractivity (Wildman–Crippen MR) is 153 cm³/mol. The van der Waals surface area contributed by atoms with Gasteiger partial charge in [-0.3, -0.25) is 9.69 Å². The van der Waals surface area contributed by atoms with Crippen LogP contribution in [-0.4, -0.2) is 48.3 Å². The molecule has 0 saturated carbocycles. The van der Waals surface area contributed by atoms with Gasteiger partial charge in [-0.1, -0.05) is 121 Å². The molecule has 0 fully saturated rings. The molecule has 184 valence electrons. The third-order valence-corrected chi connectivity index (χ3v) is 11.0. The van der Waals surface area contributed by atoms with Gasteiger partial charge in [-0.15, -0.1) is 0 Å². The van der Waals surface area contributed by atoms with Crippen LogP contribution < -0.4 is 21.2 Å². The highest BCUT2D eigenvalue weighted by molar-refractivity contribution is 7.73. The standard InChI is InChI=1S/C30H31NO3P2/c1-34-30(33)29(22-32)31(23-35(25-14-6-2-7-15-25)26-16-8-3-9-17-26)24-36(27-18-10-4-11-19-27)28-20-12-5-13-21-28/h2-21,29,32H,22-24H2,1H3. The Hall–Kier alpha value is -2.87. The Morgan fingerprint density at radius 1 is 0.667 bits per heavy atom. The number of carbonyl (C=O) groups is 1. The molecule has 4 aromatic rings. The summed E-state index contributed by atoms with van der Waals surface area (Å²) in [5.41, 5.74) is 0. The van der Waals surface area contributed by atoms with Gasteiger partial charge in [-0.05, 0) is 37.1 Å². The van der Waals surface area contributed by atoms with E-state index in [0.717, 1.165) is 0 Å². The molecule has 0 spiro atoms. The molecule has 0 aliphatic carbocycles. The second-order valence-corrected chi connectivity index (χ2v) is 12.6. The van der Waals surface area contributed by atoms with E-state index in [1.807, 2.05) is 24.3 Å². The molecule has 0 bridgehead atoms. The highest BCUT2D eigenvalue weighted by Crippen LogP contribution is 2.40. The normalized spacial score (nSPS) is 12.1. The summed E-state index contributed by atoms with van der Waals surface area (Å²) in [7, 11) is -0.232. The summed E-state index contributed by atoms with van der Waals surface area (Å²) >= 11 is 0. The van der Waals surface area contributed by atoms with Crippen LogP contribution in [0.1, 0.15) is 0 Å². The van der Waals surface area contributed by atoms with Gasteiger partial charge in [0.2, 0.25) is 0 Å². The van der Waals surface area contributed by atoms with Gasteiger partial charge in [0.1, 0.15) is 6.04 Å². The first kappa shape index (κ1) is 26.2. The van der Waals surface area contributed by atoms with Crippen LogP contribution in [0.25, 0.3) is 0 Å². The summed E-state index contributed by atoms with van der Waals surface area (Å²) in [5, 5.41) is 15.3. The number of aliphatic hydroxyl groups is 1. The first-order valence-electron chi connectivity index (χ1n) is 11.9. The van der Waals surface area contributed by atoms with Crippen LogP contribution >= 0.6 is 15.8 Å². The molecular weight excluding hydrogens is 484 g/mol. The summed E-state index contributed by atoms with van der Waals surface area (Å²) in [6.45, 7) is -0.299. The Balaban J connectivity index is 1.76. The molecule has 4 aromatic carbocycles. The van der Waals surface area contributed by atoms with Crippen molar-refractivity contribution in [1.82, 2.24) is 4.90 Å². The summed E-state index contributed by atoms with van der Waals surface area (Å²) in [6, 6.07) is 41.0. The van der Waals surface area contributed by atoms with E-state index >= 15 is 0 Å². The largest absolute Gasteiger partial charge is 0.468 e. The Bertz CT molecular complexity index is 1030. The van der Waals surface area contributed by atoms with Gasteiger partial charge in [0.05, 0.1) is 13.7 Å². The zero-order chi connectivity index (χ0) is 25.2. The Morgan fingerprint density at radius 3 is 1.22 bits per heavy atom. The van der Waals surface area contributed by atoms with E-state index in [2.05, 4.69) is 102 Å². The number of hydrogen-bond donors (Lipinski definition) is 1. The lowest BCUT2D eigenvalue weighted by Crippen LogP contribution is -2.46. The molecule has 0 saturated heterocycles. The van der Waals surface area contributed by atoms with Crippen LogP contribution in [0.4, 0.5) is 0 Å². The van der Waals surface area contributed by atoms with Crippen molar-refractivity contribution in [3.8, 4) is 0 Å². The molecule has 0 amide bonds. The molecule has 0 heterocycles. The van der Waals surface area contributed by atoms with Crippen molar-refractivity contribution in [2.75, 3.05) is 26.3 Å². The summed E-state index contributed by atoms with van der Waals surface area (Å²) in [5.74, 6) is -0.412. The van der Waals surface area contributed by atoms with Gasteiger partial charge in [0.15, 0.2) is 0 Å². The SMILES string of the molecule is COC(=O)C(CO)N(CP(c1ccccc1)c1ccccc1)CP(c1ccccc1)c1ccccc1. The van der Waals surface area contributed by atoms with Gasteiger partial charge in [-0.25, -0.2) is 0 Å². The van der Waals surface area contributed by atoms with E-state index in [1.165, 1.54) is 28.3 Å². The van der Waals surface area contributed by atoms with Crippen molar-refractivity contribution in [3.05, 3.63) is 121 Å².